The Hall–Kier alpha value is -2.37. The lowest BCUT2D eigenvalue weighted by atomic mass is 10.2. The number of aromatic nitrogens is 1. The van der Waals surface area contributed by atoms with E-state index in [-0.39, 0.29) is 22.9 Å². The number of hydrogen-bond donors (Lipinski definition) is 0. The molecule has 1 fully saturated rings. The molecule has 0 radical (unpaired) electrons. The van der Waals surface area contributed by atoms with Gasteiger partial charge in [0.2, 0.25) is 5.88 Å². The van der Waals surface area contributed by atoms with Crippen molar-refractivity contribution in [1.29, 1.82) is 0 Å². The number of carbonyl (C=O) groups is 2. The Morgan fingerprint density at radius 1 is 1.36 bits per heavy atom. The van der Waals surface area contributed by atoms with E-state index < -0.39 is 46.6 Å². The second-order valence-corrected chi connectivity index (χ2v) is 8.57. The number of pyridine rings is 1. The van der Waals surface area contributed by atoms with Gasteiger partial charge in [0.05, 0.1) is 17.1 Å². The van der Waals surface area contributed by atoms with E-state index in [1.165, 1.54) is 18.9 Å². The lowest BCUT2D eigenvalue weighted by Gasteiger charge is -2.26. The number of esters is 1. The highest BCUT2D eigenvalue weighted by Gasteiger charge is 2.35. The molecule has 0 spiro atoms. The Balaban J connectivity index is 1.91. The van der Waals surface area contributed by atoms with E-state index in [9.17, 15) is 31.2 Å². The molecular weight excluding hydrogens is 405 g/mol. The summed E-state index contributed by atoms with van der Waals surface area (Å²) in [5.41, 5.74) is -0.0786. The van der Waals surface area contributed by atoms with Crippen molar-refractivity contribution in [2.75, 3.05) is 25.2 Å². The van der Waals surface area contributed by atoms with E-state index >= 15 is 0 Å². The molecule has 2 atom stereocenters. The fraction of sp³-hybridized carbons (Fsp3) is 0.562. The number of carbonyl (C=O) groups excluding carboxylic acids is 2. The molecule has 0 aromatic carbocycles. The first kappa shape index (κ1) is 21.9. The Morgan fingerprint density at radius 3 is 2.54 bits per heavy atom. The number of rotatable bonds is 6. The fourth-order valence-corrected chi connectivity index (χ4v) is 4.34. The molecule has 2 unspecified atom stereocenters. The number of alkyl halides is 3. The van der Waals surface area contributed by atoms with Crippen molar-refractivity contribution in [3.8, 4) is 5.88 Å². The van der Waals surface area contributed by atoms with Crippen LogP contribution in [0.25, 0.3) is 0 Å². The third-order valence-corrected chi connectivity index (χ3v) is 5.84. The monoisotopic (exact) mass is 424 g/mol. The largest absolute Gasteiger partial charge is 0.468 e. The van der Waals surface area contributed by atoms with Gasteiger partial charge in [0.15, 0.2) is 22.5 Å². The molecule has 1 aromatic rings. The molecule has 0 saturated carbocycles. The van der Waals surface area contributed by atoms with E-state index in [1.54, 1.807) is 0 Å². The zero-order valence-electron chi connectivity index (χ0n) is 15.1. The summed E-state index contributed by atoms with van der Waals surface area (Å²) in [6, 6.07) is 1.75. The number of hydrogen-bond acceptors (Lipinski definition) is 7. The molecule has 0 N–H and O–H groups in total. The normalized spacial score (nSPS) is 19.7. The highest BCUT2D eigenvalue weighted by molar-refractivity contribution is 7.91. The lowest BCUT2D eigenvalue weighted by molar-refractivity contribution is -0.154. The van der Waals surface area contributed by atoms with Crippen molar-refractivity contribution in [3.63, 3.8) is 0 Å². The van der Waals surface area contributed by atoms with E-state index in [4.69, 9.17) is 4.74 Å². The summed E-state index contributed by atoms with van der Waals surface area (Å²) < 4.78 is 68.8. The van der Waals surface area contributed by atoms with Crippen LogP contribution >= 0.6 is 0 Å². The zero-order chi connectivity index (χ0) is 21.1. The van der Waals surface area contributed by atoms with Crippen molar-refractivity contribution in [3.05, 3.63) is 23.9 Å². The summed E-state index contributed by atoms with van der Waals surface area (Å²) in [6.45, 7) is -0.174. The minimum absolute atomic E-state index is 0.00210. The third kappa shape index (κ3) is 6.08. The molecule has 2 heterocycles. The molecule has 1 aliphatic rings. The van der Waals surface area contributed by atoms with Gasteiger partial charge in [0, 0.05) is 25.4 Å². The highest BCUT2D eigenvalue weighted by Crippen LogP contribution is 2.19. The molecule has 1 saturated heterocycles. The SMILES string of the molecule is CC(OC(=O)c1ccc(OCC(F)(F)F)nc1)C(=O)N(C)C1CCS(=O)(=O)C1. The zero-order valence-corrected chi connectivity index (χ0v) is 15.9. The molecule has 156 valence electrons. The van der Waals surface area contributed by atoms with Gasteiger partial charge in [-0.25, -0.2) is 18.2 Å². The summed E-state index contributed by atoms with van der Waals surface area (Å²) in [5, 5.41) is 0. The summed E-state index contributed by atoms with van der Waals surface area (Å²) in [5.74, 6) is -1.92. The maximum atomic E-state index is 12.4. The van der Waals surface area contributed by atoms with Crippen LogP contribution in [0.2, 0.25) is 0 Å². The van der Waals surface area contributed by atoms with Gasteiger partial charge in [-0.3, -0.25) is 4.79 Å². The molecular formula is C16H19F3N2O6S. The molecule has 1 amide bonds. The molecule has 0 aliphatic carbocycles. The first-order valence-corrected chi connectivity index (χ1v) is 10.0. The number of amides is 1. The summed E-state index contributed by atoms with van der Waals surface area (Å²) in [4.78, 5) is 29.3. The first-order chi connectivity index (χ1) is 12.9. The van der Waals surface area contributed by atoms with Gasteiger partial charge in [-0.1, -0.05) is 0 Å². The van der Waals surface area contributed by atoms with Crippen LogP contribution in [-0.2, 0) is 19.4 Å². The van der Waals surface area contributed by atoms with Crippen LogP contribution in [0.5, 0.6) is 5.88 Å². The van der Waals surface area contributed by atoms with Gasteiger partial charge in [-0.15, -0.1) is 0 Å². The Labute approximate surface area is 159 Å². The smallest absolute Gasteiger partial charge is 0.422 e. The standard InChI is InChI=1S/C16H19F3N2O6S/c1-10(14(22)21(2)12-5-6-28(24,25)8-12)27-15(23)11-3-4-13(20-7-11)26-9-16(17,18)19/h3-4,7,10,12H,5-6,8-9H2,1-2H3. The van der Waals surface area contributed by atoms with E-state index in [0.717, 1.165) is 18.3 Å². The van der Waals surface area contributed by atoms with E-state index in [1.807, 2.05) is 0 Å². The van der Waals surface area contributed by atoms with Crippen LogP contribution in [0, 0.1) is 0 Å². The predicted octanol–water partition coefficient (Wildman–Crippen LogP) is 1.21. The van der Waals surface area contributed by atoms with Crippen molar-refractivity contribution in [2.24, 2.45) is 0 Å². The summed E-state index contributed by atoms with van der Waals surface area (Å²) in [6.07, 6.45) is -4.41. The second kappa shape index (κ2) is 8.33. The minimum Gasteiger partial charge on any atom is -0.468 e. The average molecular weight is 424 g/mol. The second-order valence-electron chi connectivity index (χ2n) is 6.34. The number of nitrogens with zero attached hydrogens (tertiary/aromatic N) is 2. The van der Waals surface area contributed by atoms with Gasteiger partial charge < -0.3 is 14.4 Å². The highest BCUT2D eigenvalue weighted by atomic mass is 32.2. The topological polar surface area (TPSA) is 103 Å². The van der Waals surface area contributed by atoms with Crippen LogP contribution in [0.4, 0.5) is 13.2 Å². The van der Waals surface area contributed by atoms with Gasteiger partial charge in [-0.2, -0.15) is 13.2 Å². The van der Waals surface area contributed by atoms with Gasteiger partial charge in [-0.05, 0) is 19.4 Å². The molecule has 1 aliphatic heterocycles. The summed E-state index contributed by atoms with van der Waals surface area (Å²) >= 11 is 0. The van der Waals surface area contributed by atoms with Crippen LogP contribution in [0.15, 0.2) is 18.3 Å². The van der Waals surface area contributed by atoms with Crippen LogP contribution in [0.3, 0.4) is 0 Å². The van der Waals surface area contributed by atoms with Crippen molar-refractivity contribution in [2.45, 2.75) is 31.7 Å². The predicted molar refractivity (Wildman–Crippen MR) is 90.5 cm³/mol. The van der Waals surface area contributed by atoms with Crippen LogP contribution in [-0.4, -0.2) is 73.7 Å². The number of likely N-dealkylation sites (N-methyl/N-ethyl adjacent to an activating group) is 1. The van der Waals surface area contributed by atoms with Gasteiger partial charge in [0.1, 0.15) is 0 Å². The van der Waals surface area contributed by atoms with Gasteiger partial charge in [0.25, 0.3) is 5.91 Å². The number of sulfone groups is 1. The van der Waals surface area contributed by atoms with Crippen molar-refractivity contribution < 1.29 is 40.7 Å². The molecule has 2 rings (SSSR count). The van der Waals surface area contributed by atoms with E-state index in [0.29, 0.717) is 6.42 Å². The molecule has 8 nitrogen and oxygen atoms in total. The molecule has 28 heavy (non-hydrogen) atoms. The summed E-state index contributed by atoms with van der Waals surface area (Å²) in [7, 11) is -1.74. The molecule has 1 aromatic heterocycles. The maximum absolute atomic E-state index is 12.4. The fourth-order valence-electron chi connectivity index (χ4n) is 2.57. The number of halogens is 3. The maximum Gasteiger partial charge on any atom is 0.422 e. The van der Waals surface area contributed by atoms with Crippen molar-refractivity contribution in [1.82, 2.24) is 9.88 Å². The minimum atomic E-state index is -4.51. The molecule has 12 heteroatoms. The Bertz CT molecular complexity index is 826. The first-order valence-electron chi connectivity index (χ1n) is 8.21. The van der Waals surface area contributed by atoms with Gasteiger partial charge >= 0.3 is 12.1 Å². The van der Waals surface area contributed by atoms with Crippen LogP contribution < -0.4 is 4.74 Å². The average Bonchev–Trinajstić information content (AvgIpc) is 2.98. The Morgan fingerprint density at radius 2 is 2.04 bits per heavy atom. The number of ether oxygens (including phenoxy) is 2. The van der Waals surface area contributed by atoms with Crippen LogP contribution in [0.1, 0.15) is 23.7 Å². The molecule has 0 bridgehead atoms. The third-order valence-electron chi connectivity index (χ3n) is 4.09. The quantitative estimate of drug-likeness (QED) is 0.633. The lowest BCUT2D eigenvalue weighted by Crippen LogP contribution is -2.44. The van der Waals surface area contributed by atoms with E-state index in [2.05, 4.69) is 9.72 Å². The Kier molecular flexibility index (Phi) is 6.52. The van der Waals surface area contributed by atoms with Crippen molar-refractivity contribution >= 4 is 21.7 Å².